The Labute approximate surface area is 156 Å². The summed E-state index contributed by atoms with van der Waals surface area (Å²) in [4.78, 5) is 0. The summed E-state index contributed by atoms with van der Waals surface area (Å²) in [5, 5.41) is 21.4. The van der Waals surface area contributed by atoms with Crippen molar-refractivity contribution >= 4 is 0 Å². The van der Waals surface area contributed by atoms with Crippen molar-refractivity contribution in [1.82, 2.24) is 0 Å². The number of aliphatic hydroxyl groups is 2. The molecule has 0 aromatic rings. The molecule has 0 aromatic heterocycles. The van der Waals surface area contributed by atoms with Crippen molar-refractivity contribution in [3.05, 3.63) is 12.2 Å². The highest BCUT2D eigenvalue weighted by Gasteiger charge is 2.42. The molecule has 25 heavy (non-hydrogen) atoms. The topological polar surface area (TPSA) is 40.5 Å². The maximum Gasteiger partial charge on any atom is 0.0710 e. The van der Waals surface area contributed by atoms with Gasteiger partial charge in [-0.15, -0.1) is 0 Å². The van der Waals surface area contributed by atoms with Crippen LogP contribution in [-0.4, -0.2) is 21.9 Å². The van der Waals surface area contributed by atoms with E-state index in [-0.39, 0.29) is 6.10 Å². The third kappa shape index (κ3) is 6.71. The van der Waals surface area contributed by atoms with Crippen molar-refractivity contribution in [3.63, 3.8) is 0 Å². The minimum Gasteiger partial charge on any atom is -0.393 e. The molecule has 2 heteroatoms. The van der Waals surface area contributed by atoms with E-state index in [0.29, 0.717) is 17.8 Å². The number of hydrogen-bond donors (Lipinski definition) is 2. The quantitative estimate of drug-likeness (QED) is 0.315. The van der Waals surface area contributed by atoms with Gasteiger partial charge in [0, 0.05) is 5.92 Å². The molecule has 0 amide bonds. The van der Waals surface area contributed by atoms with Gasteiger partial charge in [0.25, 0.3) is 0 Å². The molecule has 0 unspecified atom stereocenters. The lowest BCUT2D eigenvalue weighted by Crippen LogP contribution is -2.30. The van der Waals surface area contributed by atoms with Crippen LogP contribution in [-0.2, 0) is 0 Å². The fourth-order valence-electron chi connectivity index (χ4n) is 4.72. The molecule has 0 saturated heterocycles. The van der Waals surface area contributed by atoms with Gasteiger partial charge in [-0.3, -0.25) is 0 Å². The van der Waals surface area contributed by atoms with Crippen LogP contribution in [0.5, 0.6) is 0 Å². The van der Waals surface area contributed by atoms with Crippen LogP contribution in [0.3, 0.4) is 0 Å². The molecule has 0 aliphatic heterocycles. The molecule has 2 aliphatic rings. The molecule has 4 atom stereocenters. The van der Waals surface area contributed by atoms with E-state index in [0.717, 1.165) is 32.1 Å². The SMILES string of the molecule is CCCCCCC[C@H]1CC[C@@H](O)[C@@H]1C=CC[C@@](O)(CCCC)C1CC1. The first-order valence-corrected chi connectivity index (χ1v) is 11.2. The monoisotopic (exact) mass is 350 g/mol. The predicted octanol–water partition coefficient (Wildman–Crippen LogP) is 6.01. The van der Waals surface area contributed by atoms with Gasteiger partial charge in [-0.2, -0.15) is 0 Å². The summed E-state index contributed by atoms with van der Waals surface area (Å²) in [6.07, 6.45) is 20.7. The maximum absolute atomic E-state index is 11.0. The Morgan fingerprint density at radius 1 is 0.920 bits per heavy atom. The second-order valence-electron chi connectivity index (χ2n) is 8.80. The van der Waals surface area contributed by atoms with E-state index in [1.54, 1.807) is 0 Å². The highest BCUT2D eigenvalue weighted by Crippen LogP contribution is 2.45. The minimum absolute atomic E-state index is 0.165. The average molecular weight is 351 g/mol. The molecular weight excluding hydrogens is 308 g/mol. The van der Waals surface area contributed by atoms with E-state index in [1.807, 2.05) is 0 Å². The zero-order valence-electron chi connectivity index (χ0n) is 16.8. The van der Waals surface area contributed by atoms with Crippen LogP contribution in [0.2, 0.25) is 0 Å². The van der Waals surface area contributed by atoms with Crippen molar-refractivity contribution in [2.45, 2.75) is 115 Å². The van der Waals surface area contributed by atoms with Gasteiger partial charge >= 0.3 is 0 Å². The summed E-state index contributed by atoms with van der Waals surface area (Å²) in [5.74, 6) is 1.49. The molecule has 2 aliphatic carbocycles. The minimum atomic E-state index is -0.480. The second kappa shape index (κ2) is 10.7. The van der Waals surface area contributed by atoms with Crippen molar-refractivity contribution in [2.24, 2.45) is 17.8 Å². The Kier molecular flexibility index (Phi) is 8.99. The standard InChI is InChI=1S/C23H42O2/c1-3-5-7-8-9-11-19-13-16-22(24)21(19)12-10-18-23(25,17-6-4-2)20-14-15-20/h10,12,19-22,24-25H,3-9,11,13-18H2,1-2H3/t19-,21+,22+,23-/m0/s1. The Hall–Kier alpha value is -0.340. The largest absolute Gasteiger partial charge is 0.393 e. The fourth-order valence-corrected chi connectivity index (χ4v) is 4.72. The lowest BCUT2D eigenvalue weighted by atomic mass is 9.85. The van der Waals surface area contributed by atoms with Gasteiger partial charge in [-0.25, -0.2) is 0 Å². The number of aliphatic hydroxyl groups excluding tert-OH is 1. The normalized spacial score (nSPS) is 29.4. The Balaban J connectivity index is 1.79. The molecule has 0 bridgehead atoms. The van der Waals surface area contributed by atoms with Crippen LogP contribution in [0.1, 0.15) is 104 Å². The lowest BCUT2D eigenvalue weighted by Gasteiger charge is -2.27. The van der Waals surface area contributed by atoms with E-state index < -0.39 is 5.60 Å². The maximum atomic E-state index is 11.0. The van der Waals surface area contributed by atoms with Gasteiger partial charge < -0.3 is 10.2 Å². The first-order chi connectivity index (χ1) is 12.1. The molecular formula is C23H42O2. The molecule has 0 spiro atoms. The van der Waals surface area contributed by atoms with Gasteiger partial charge in [0.05, 0.1) is 11.7 Å². The van der Waals surface area contributed by atoms with Gasteiger partial charge in [-0.1, -0.05) is 70.9 Å². The Morgan fingerprint density at radius 3 is 2.32 bits per heavy atom. The molecule has 2 rings (SSSR count). The third-order valence-corrected chi connectivity index (χ3v) is 6.63. The fraction of sp³-hybridized carbons (Fsp3) is 0.913. The zero-order valence-corrected chi connectivity index (χ0v) is 16.8. The molecule has 2 saturated carbocycles. The van der Waals surface area contributed by atoms with E-state index in [9.17, 15) is 10.2 Å². The van der Waals surface area contributed by atoms with E-state index in [1.165, 1.54) is 57.8 Å². The highest BCUT2D eigenvalue weighted by atomic mass is 16.3. The van der Waals surface area contributed by atoms with Crippen LogP contribution in [0.15, 0.2) is 12.2 Å². The number of hydrogen-bond acceptors (Lipinski definition) is 2. The van der Waals surface area contributed by atoms with E-state index in [4.69, 9.17) is 0 Å². The zero-order chi connectivity index (χ0) is 18.1. The van der Waals surface area contributed by atoms with Gasteiger partial charge in [0.1, 0.15) is 0 Å². The van der Waals surface area contributed by atoms with Crippen LogP contribution in [0, 0.1) is 17.8 Å². The summed E-state index contributed by atoms with van der Waals surface area (Å²) < 4.78 is 0. The molecule has 2 N–H and O–H groups in total. The Morgan fingerprint density at radius 2 is 1.64 bits per heavy atom. The third-order valence-electron chi connectivity index (χ3n) is 6.63. The summed E-state index contributed by atoms with van der Waals surface area (Å²) in [7, 11) is 0. The van der Waals surface area contributed by atoms with Crippen LogP contribution < -0.4 is 0 Å². The number of unbranched alkanes of at least 4 members (excludes halogenated alkanes) is 5. The molecule has 2 fully saturated rings. The smallest absolute Gasteiger partial charge is 0.0710 e. The first kappa shape index (κ1) is 21.0. The molecule has 146 valence electrons. The summed E-state index contributed by atoms with van der Waals surface area (Å²) in [6, 6.07) is 0. The van der Waals surface area contributed by atoms with Crippen molar-refractivity contribution in [3.8, 4) is 0 Å². The van der Waals surface area contributed by atoms with Crippen LogP contribution >= 0.6 is 0 Å². The summed E-state index contributed by atoms with van der Waals surface area (Å²) in [6.45, 7) is 4.46. The van der Waals surface area contributed by atoms with Crippen molar-refractivity contribution < 1.29 is 10.2 Å². The average Bonchev–Trinajstić information content (AvgIpc) is 3.40. The van der Waals surface area contributed by atoms with Crippen molar-refractivity contribution in [1.29, 1.82) is 0 Å². The van der Waals surface area contributed by atoms with Gasteiger partial charge in [0.2, 0.25) is 0 Å². The second-order valence-corrected chi connectivity index (χ2v) is 8.80. The highest BCUT2D eigenvalue weighted by molar-refractivity contribution is 5.04. The predicted molar refractivity (Wildman–Crippen MR) is 107 cm³/mol. The van der Waals surface area contributed by atoms with E-state index >= 15 is 0 Å². The summed E-state index contributed by atoms with van der Waals surface area (Å²) in [5.41, 5.74) is -0.480. The van der Waals surface area contributed by atoms with Crippen LogP contribution in [0.4, 0.5) is 0 Å². The van der Waals surface area contributed by atoms with Gasteiger partial charge in [-0.05, 0) is 56.8 Å². The molecule has 0 aromatic carbocycles. The molecule has 0 heterocycles. The molecule has 2 nitrogen and oxygen atoms in total. The van der Waals surface area contributed by atoms with Crippen LogP contribution in [0.25, 0.3) is 0 Å². The van der Waals surface area contributed by atoms with Gasteiger partial charge in [0.15, 0.2) is 0 Å². The first-order valence-electron chi connectivity index (χ1n) is 11.2. The van der Waals surface area contributed by atoms with E-state index in [2.05, 4.69) is 26.0 Å². The van der Waals surface area contributed by atoms with Crippen molar-refractivity contribution in [2.75, 3.05) is 0 Å². The lowest BCUT2D eigenvalue weighted by molar-refractivity contribution is 0.00951. The summed E-state index contributed by atoms with van der Waals surface area (Å²) >= 11 is 0. The Bertz CT molecular complexity index is 388. The molecule has 0 radical (unpaired) electrons. The number of rotatable bonds is 13.